The molecule has 10 nitrogen and oxygen atoms in total. The molecule has 1 heterocycles. The van der Waals surface area contributed by atoms with Crippen LogP contribution in [0.1, 0.15) is 86.5 Å². The van der Waals surface area contributed by atoms with Gasteiger partial charge in [0.05, 0.1) is 11.3 Å². The summed E-state index contributed by atoms with van der Waals surface area (Å²) in [5.74, 6) is -4.91. The maximum atomic E-state index is 12.9. The maximum absolute atomic E-state index is 12.9. The van der Waals surface area contributed by atoms with Gasteiger partial charge >= 0.3 is 23.9 Å². The second-order valence-electron chi connectivity index (χ2n) is 11.9. The van der Waals surface area contributed by atoms with Crippen molar-refractivity contribution in [2.75, 3.05) is 0 Å². The van der Waals surface area contributed by atoms with Gasteiger partial charge in [0.2, 0.25) is 0 Å². The predicted molar refractivity (Wildman–Crippen MR) is 144 cm³/mol. The lowest BCUT2D eigenvalue weighted by molar-refractivity contribution is -0.269. The molecule has 0 aromatic rings. The quantitative estimate of drug-likeness (QED) is 0.205. The summed E-state index contributed by atoms with van der Waals surface area (Å²) in [6.07, 6.45) is -2.98. The second-order valence-corrected chi connectivity index (χ2v) is 12.4. The van der Waals surface area contributed by atoms with Crippen LogP contribution >= 0.6 is 11.6 Å². The largest absolute Gasteiger partial charge is 0.462 e. The Balaban J connectivity index is 2.31. The lowest BCUT2D eigenvalue weighted by atomic mass is 9.52. The van der Waals surface area contributed by atoms with Gasteiger partial charge in [0, 0.05) is 31.1 Å². The molecule has 0 bridgehead atoms. The first-order chi connectivity index (χ1) is 18.5. The van der Waals surface area contributed by atoms with Gasteiger partial charge in [-0.3, -0.25) is 19.2 Å². The SMILES string of the molecule is C=C1CC[C@H](OC(=O)CC)[C@@]2(C)CC[C@H](OC(=O)CCC)[C@@](C)(O)[C@@H]2[C@@H](OC(C)=O)[C@]2(O)[C@@H](C)C(=O)O[C@H]2[C@H]1Cl. The molecule has 11 heteroatoms. The summed E-state index contributed by atoms with van der Waals surface area (Å²) in [6, 6.07) is 0. The summed E-state index contributed by atoms with van der Waals surface area (Å²) in [7, 11) is 0. The lowest BCUT2D eigenvalue weighted by Crippen LogP contribution is -2.71. The Morgan fingerprint density at radius 3 is 2.27 bits per heavy atom. The number of carbonyl (C=O) groups is 4. The van der Waals surface area contributed by atoms with E-state index in [2.05, 4.69) is 6.58 Å². The number of halogens is 1. The van der Waals surface area contributed by atoms with E-state index in [1.54, 1.807) is 13.8 Å². The number of alkyl halides is 1. The standard InChI is InChI=1S/C29H43ClO10/c1-8-10-21(33)39-19-13-14-27(6)18(38-20(32)9-2)12-11-15(3)22(30)24-29(36,16(4)26(34)40-24)25(37-17(5)31)23(27)28(19,7)35/h16,18-19,22-25,35-36H,3,8-14H2,1-2,4-7H3/t16-,18-,19-,22-,23+,24-,25+,27+,28+,29-/m0/s1. The zero-order valence-corrected chi connectivity index (χ0v) is 25.0. The predicted octanol–water partition coefficient (Wildman–Crippen LogP) is 3.37. The number of hydrogen-bond donors (Lipinski definition) is 2. The highest BCUT2D eigenvalue weighted by atomic mass is 35.5. The van der Waals surface area contributed by atoms with E-state index in [-0.39, 0.29) is 38.5 Å². The molecule has 0 aromatic carbocycles. The van der Waals surface area contributed by atoms with Gasteiger partial charge in [-0.1, -0.05) is 32.9 Å². The number of esters is 4. The van der Waals surface area contributed by atoms with E-state index in [9.17, 15) is 29.4 Å². The first-order valence-corrected chi connectivity index (χ1v) is 14.5. The van der Waals surface area contributed by atoms with Crippen molar-refractivity contribution in [3.05, 3.63) is 12.2 Å². The highest BCUT2D eigenvalue weighted by molar-refractivity contribution is 6.23. The van der Waals surface area contributed by atoms with Crippen molar-refractivity contribution in [2.24, 2.45) is 17.3 Å². The highest BCUT2D eigenvalue weighted by Gasteiger charge is 2.71. The van der Waals surface area contributed by atoms with E-state index in [1.165, 1.54) is 13.8 Å². The minimum atomic E-state index is -2.21. The first kappa shape index (κ1) is 32.3. The molecular formula is C29H43ClO10. The monoisotopic (exact) mass is 586 g/mol. The first-order valence-electron chi connectivity index (χ1n) is 14.1. The van der Waals surface area contributed by atoms with Gasteiger partial charge in [-0.05, 0) is 46.0 Å². The van der Waals surface area contributed by atoms with Crippen molar-refractivity contribution in [3.8, 4) is 0 Å². The van der Waals surface area contributed by atoms with Crippen molar-refractivity contribution in [3.63, 3.8) is 0 Å². The summed E-state index contributed by atoms with van der Waals surface area (Å²) < 4.78 is 23.1. The van der Waals surface area contributed by atoms with Crippen LogP contribution in [0.25, 0.3) is 0 Å². The number of aliphatic hydroxyl groups is 2. The molecule has 0 radical (unpaired) electrons. The summed E-state index contributed by atoms with van der Waals surface area (Å²) in [4.78, 5) is 50.7. The molecule has 0 spiro atoms. The van der Waals surface area contributed by atoms with Crippen molar-refractivity contribution >= 4 is 35.5 Å². The van der Waals surface area contributed by atoms with E-state index in [0.29, 0.717) is 12.0 Å². The number of carbonyl (C=O) groups excluding carboxylic acids is 4. The van der Waals surface area contributed by atoms with Gasteiger partial charge in [0.15, 0.2) is 11.7 Å². The van der Waals surface area contributed by atoms with Crippen LogP contribution in [-0.2, 0) is 38.1 Å². The van der Waals surface area contributed by atoms with Crippen LogP contribution < -0.4 is 0 Å². The Morgan fingerprint density at radius 2 is 1.70 bits per heavy atom. The maximum Gasteiger partial charge on any atom is 0.312 e. The van der Waals surface area contributed by atoms with Crippen molar-refractivity contribution < 1.29 is 48.3 Å². The van der Waals surface area contributed by atoms with Gasteiger partial charge in [-0.15, -0.1) is 11.6 Å². The van der Waals surface area contributed by atoms with Gasteiger partial charge in [0.25, 0.3) is 0 Å². The molecule has 226 valence electrons. The summed E-state index contributed by atoms with van der Waals surface area (Å²) in [6.45, 7) is 13.4. The van der Waals surface area contributed by atoms with E-state index in [0.717, 1.165) is 6.92 Å². The number of ether oxygens (including phenoxy) is 4. The Labute approximate surface area is 240 Å². The smallest absolute Gasteiger partial charge is 0.312 e. The van der Waals surface area contributed by atoms with Gasteiger partial charge in [-0.2, -0.15) is 0 Å². The number of rotatable bonds is 6. The molecule has 1 aliphatic heterocycles. The zero-order valence-electron chi connectivity index (χ0n) is 24.2. The topological polar surface area (TPSA) is 146 Å². The minimum Gasteiger partial charge on any atom is -0.462 e. The Hall–Kier alpha value is -2.17. The molecule has 40 heavy (non-hydrogen) atoms. The van der Waals surface area contributed by atoms with Crippen molar-refractivity contribution in [2.45, 2.75) is 127 Å². The average molecular weight is 587 g/mol. The molecular weight excluding hydrogens is 544 g/mol. The van der Waals surface area contributed by atoms with Crippen LogP contribution in [0.5, 0.6) is 0 Å². The van der Waals surface area contributed by atoms with Crippen LogP contribution in [0.2, 0.25) is 0 Å². The molecule has 0 unspecified atom stereocenters. The minimum absolute atomic E-state index is 0.0999. The van der Waals surface area contributed by atoms with E-state index < -0.39 is 82.1 Å². The molecule has 0 aromatic heterocycles. The molecule has 2 saturated carbocycles. The molecule has 10 atom stereocenters. The summed E-state index contributed by atoms with van der Waals surface area (Å²) in [5, 5.41) is 23.7. The molecule has 1 saturated heterocycles. The third-order valence-electron chi connectivity index (χ3n) is 9.14. The molecule has 2 N–H and O–H groups in total. The zero-order chi connectivity index (χ0) is 30.2. The second kappa shape index (κ2) is 12.0. The molecule has 2 aliphatic carbocycles. The summed E-state index contributed by atoms with van der Waals surface area (Å²) in [5.41, 5.74) is -4.79. The summed E-state index contributed by atoms with van der Waals surface area (Å²) >= 11 is 6.77. The molecule has 3 rings (SSSR count). The third-order valence-corrected chi connectivity index (χ3v) is 9.68. The van der Waals surface area contributed by atoms with E-state index >= 15 is 0 Å². The van der Waals surface area contributed by atoms with E-state index in [1.807, 2.05) is 6.92 Å². The van der Waals surface area contributed by atoms with Gasteiger partial charge in [-0.25, -0.2) is 0 Å². The Bertz CT molecular complexity index is 1030. The van der Waals surface area contributed by atoms with Crippen molar-refractivity contribution in [1.82, 2.24) is 0 Å². The van der Waals surface area contributed by atoms with E-state index in [4.69, 9.17) is 30.5 Å². The Morgan fingerprint density at radius 1 is 1.07 bits per heavy atom. The number of fused-ring (bicyclic) bond motifs is 2. The van der Waals surface area contributed by atoms with Crippen molar-refractivity contribution in [1.29, 1.82) is 0 Å². The van der Waals surface area contributed by atoms with Crippen LogP contribution in [-0.4, -0.2) is 75.1 Å². The number of hydrogen-bond acceptors (Lipinski definition) is 10. The normalized spacial score (nSPS) is 41.7. The molecule has 0 amide bonds. The third kappa shape index (κ3) is 5.63. The van der Waals surface area contributed by atoms with Crippen LogP contribution in [0.3, 0.4) is 0 Å². The van der Waals surface area contributed by atoms with Crippen LogP contribution in [0.15, 0.2) is 12.2 Å². The van der Waals surface area contributed by atoms with Gasteiger partial charge in [0.1, 0.15) is 23.9 Å². The fraction of sp³-hybridized carbons (Fsp3) is 0.793. The van der Waals surface area contributed by atoms with Crippen LogP contribution in [0, 0.1) is 17.3 Å². The fourth-order valence-corrected chi connectivity index (χ4v) is 7.23. The fourth-order valence-electron chi connectivity index (χ4n) is 6.87. The average Bonchev–Trinajstić information content (AvgIpc) is 3.10. The molecule has 3 aliphatic rings. The van der Waals surface area contributed by atoms with Crippen LogP contribution in [0.4, 0.5) is 0 Å². The van der Waals surface area contributed by atoms with Gasteiger partial charge < -0.3 is 29.2 Å². The Kier molecular flexibility index (Phi) is 9.69. The molecule has 3 fully saturated rings. The lowest BCUT2D eigenvalue weighted by Gasteiger charge is -2.59. The highest BCUT2D eigenvalue weighted by Crippen LogP contribution is 2.58.